The Balaban J connectivity index is 2.07. The van der Waals surface area contributed by atoms with Crippen molar-refractivity contribution in [1.29, 1.82) is 0 Å². The Bertz CT molecular complexity index is 581. The molecule has 0 radical (unpaired) electrons. The highest BCUT2D eigenvalue weighted by Gasteiger charge is 2.03. The standard InChI is InChI=1S/C16H18ClNO/c1-11-3-6-15(7-12(11)2)19-10-14-5-4-13(9-18)8-16(14)17/h3-8H,9-10,18H2,1-2H3. The highest BCUT2D eigenvalue weighted by Crippen LogP contribution is 2.21. The maximum atomic E-state index is 6.20. The minimum atomic E-state index is 0.464. The summed E-state index contributed by atoms with van der Waals surface area (Å²) in [6, 6.07) is 11.9. The molecule has 0 fully saturated rings. The summed E-state index contributed by atoms with van der Waals surface area (Å²) in [5, 5.41) is 0.701. The lowest BCUT2D eigenvalue weighted by Gasteiger charge is -2.10. The molecule has 0 aromatic heterocycles. The van der Waals surface area contributed by atoms with Crippen molar-refractivity contribution in [2.75, 3.05) is 0 Å². The predicted octanol–water partition coefficient (Wildman–Crippen LogP) is 3.99. The van der Waals surface area contributed by atoms with Gasteiger partial charge in [0.1, 0.15) is 12.4 Å². The van der Waals surface area contributed by atoms with Gasteiger partial charge in [-0.3, -0.25) is 0 Å². The van der Waals surface area contributed by atoms with Crippen LogP contribution < -0.4 is 10.5 Å². The van der Waals surface area contributed by atoms with Crippen molar-refractivity contribution in [2.45, 2.75) is 27.0 Å². The Kier molecular flexibility index (Phi) is 4.46. The average Bonchev–Trinajstić information content (AvgIpc) is 2.41. The van der Waals surface area contributed by atoms with Crippen LogP contribution in [0.25, 0.3) is 0 Å². The number of rotatable bonds is 4. The lowest BCUT2D eigenvalue weighted by Crippen LogP contribution is -2.00. The van der Waals surface area contributed by atoms with Gasteiger partial charge >= 0.3 is 0 Å². The van der Waals surface area contributed by atoms with Crippen LogP contribution in [0.3, 0.4) is 0 Å². The van der Waals surface area contributed by atoms with Crippen LogP contribution in [0.4, 0.5) is 0 Å². The Hall–Kier alpha value is -1.51. The monoisotopic (exact) mass is 275 g/mol. The van der Waals surface area contributed by atoms with Crippen molar-refractivity contribution in [1.82, 2.24) is 0 Å². The van der Waals surface area contributed by atoms with Crippen molar-refractivity contribution in [3.63, 3.8) is 0 Å². The lowest BCUT2D eigenvalue weighted by molar-refractivity contribution is 0.306. The molecule has 0 saturated carbocycles. The topological polar surface area (TPSA) is 35.2 Å². The second-order valence-electron chi connectivity index (χ2n) is 4.66. The molecule has 0 aliphatic heterocycles. The Morgan fingerprint density at radius 2 is 1.84 bits per heavy atom. The average molecular weight is 276 g/mol. The number of nitrogens with two attached hydrogens (primary N) is 1. The van der Waals surface area contributed by atoms with Gasteiger partial charge in [0, 0.05) is 17.1 Å². The third kappa shape index (κ3) is 3.49. The van der Waals surface area contributed by atoms with Gasteiger partial charge in [0.2, 0.25) is 0 Å². The molecule has 0 spiro atoms. The second kappa shape index (κ2) is 6.09. The molecular weight excluding hydrogens is 258 g/mol. The van der Waals surface area contributed by atoms with E-state index < -0.39 is 0 Å². The Morgan fingerprint density at radius 1 is 1.05 bits per heavy atom. The number of aryl methyl sites for hydroxylation is 2. The first-order valence-corrected chi connectivity index (χ1v) is 6.65. The summed E-state index contributed by atoms with van der Waals surface area (Å²) in [4.78, 5) is 0. The van der Waals surface area contributed by atoms with E-state index in [1.807, 2.05) is 30.3 Å². The van der Waals surface area contributed by atoms with Crippen molar-refractivity contribution in [3.05, 3.63) is 63.7 Å². The van der Waals surface area contributed by atoms with E-state index in [9.17, 15) is 0 Å². The molecule has 0 unspecified atom stereocenters. The van der Waals surface area contributed by atoms with Crippen molar-refractivity contribution in [2.24, 2.45) is 5.73 Å². The molecule has 2 N–H and O–H groups in total. The summed E-state index contributed by atoms with van der Waals surface area (Å²) in [5.74, 6) is 0.863. The largest absolute Gasteiger partial charge is 0.489 e. The number of hydrogen-bond donors (Lipinski definition) is 1. The van der Waals surface area contributed by atoms with E-state index in [1.54, 1.807) is 0 Å². The van der Waals surface area contributed by atoms with E-state index in [0.29, 0.717) is 18.2 Å². The molecule has 0 saturated heterocycles. The zero-order valence-corrected chi connectivity index (χ0v) is 12.0. The van der Waals surface area contributed by atoms with Crippen molar-refractivity contribution in [3.8, 4) is 5.75 Å². The fourth-order valence-electron chi connectivity index (χ4n) is 1.80. The van der Waals surface area contributed by atoms with E-state index in [0.717, 1.165) is 16.9 Å². The van der Waals surface area contributed by atoms with Crippen molar-refractivity contribution >= 4 is 11.6 Å². The minimum absolute atomic E-state index is 0.464. The fourth-order valence-corrected chi connectivity index (χ4v) is 2.06. The summed E-state index contributed by atoms with van der Waals surface area (Å²) in [6.45, 7) is 5.12. The van der Waals surface area contributed by atoms with E-state index in [1.165, 1.54) is 11.1 Å². The van der Waals surface area contributed by atoms with Crippen molar-refractivity contribution < 1.29 is 4.74 Å². The summed E-state index contributed by atoms with van der Waals surface area (Å²) in [5.41, 5.74) is 10.1. The highest BCUT2D eigenvalue weighted by molar-refractivity contribution is 6.31. The van der Waals surface area contributed by atoms with Crippen LogP contribution in [-0.2, 0) is 13.2 Å². The maximum absolute atomic E-state index is 6.20. The Morgan fingerprint density at radius 3 is 2.47 bits per heavy atom. The van der Waals surface area contributed by atoms with E-state index in [4.69, 9.17) is 22.1 Å². The fraction of sp³-hybridized carbons (Fsp3) is 0.250. The molecule has 0 aliphatic rings. The highest BCUT2D eigenvalue weighted by atomic mass is 35.5. The normalized spacial score (nSPS) is 10.5. The third-order valence-electron chi connectivity index (χ3n) is 3.23. The summed E-state index contributed by atoms with van der Waals surface area (Å²) in [6.07, 6.45) is 0. The van der Waals surface area contributed by atoms with E-state index >= 15 is 0 Å². The Labute approximate surface area is 119 Å². The SMILES string of the molecule is Cc1ccc(OCc2ccc(CN)cc2Cl)cc1C. The van der Waals surface area contributed by atoms with Gasteiger partial charge in [-0.2, -0.15) is 0 Å². The number of hydrogen-bond acceptors (Lipinski definition) is 2. The van der Waals surface area contributed by atoms with Crippen LogP contribution in [0.2, 0.25) is 5.02 Å². The molecule has 0 aliphatic carbocycles. The smallest absolute Gasteiger partial charge is 0.120 e. The summed E-state index contributed by atoms with van der Waals surface area (Å²) < 4.78 is 5.77. The molecule has 0 heterocycles. The van der Waals surface area contributed by atoms with Gasteiger partial charge in [-0.05, 0) is 48.7 Å². The zero-order chi connectivity index (χ0) is 13.8. The van der Waals surface area contributed by atoms with Gasteiger partial charge in [0.05, 0.1) is 0 Å². The second-order valence-corrected chi connectivity index (χ2v) is 5.07. The first-order chi connectivity index (χ1) is 9.10. The zero-order valence-electron chi connectivity index (χ0n) is 11.2. The van der Waals surface area contributed by atoms with Gasteiger partial charge in [0.25, 0.3) is 0 Å². The molecule has 0 atom stereocenters. The molecule has 2 aromatic rings. The number of halogens is 1. The molecule has 2 nitrogen and oxygen atoms in total. The first-order valence-electron chi connectivity index (χ1n) is 6.27. The van der Waals surface area contributed by atoms with E-state index in [2.05, 4.69) is 19.9 Å². The molecular formula is C16H18ClNO. The molecule has 3 heteroatoms. The quantitative estimate of drug-likeness (QED) is 0.915. The van der Waals surface area contributed by atoms with Gasteiger partial charge in [0.15, 0.2) is 0 Å². The molecule has 0 bridgehead atoms. The van der Waals surface area contributed by atoms with Gasteiger partial charge in [-0.25, -0.2) is 0 Å². The summed E-state index contributed by atoms with van der Waals surface area (Å²) in [7, 11) is 0. The predicted molar refractivity (Wildman–Crippen MR) is 79.6 cm³/mol. The van der Waals surface area contributed by atoms with Crippen LogP contribution in [0.5, 0.6) is 5.75 Å². The first kappa shape index (κ1) is 13.9. The van der Waals surface area contributed by atoms with Gasteiger partial charge in [-0.15, -0.1) is 0 Å². The van der Waals surface area contributed by atoms with Crippen LogP contribution in [0.15, 0.2) is 36.4 Å². The van der Waals surface area contributed by atoms with Gasteiger partial charge < -0.3 is 10.5 Å². The maximum Gasteiger partial charge on any atom is 0.120 e. The lowest BCUT2D eigenvalue weighted by atomic mass is 10.1. The summed E-state index contributed by atoms with van der Waals surface area (Å²) >= 11 is 6.20. The number of ether oxygens (including phenoxy) is 1. The molecule has 0 amide bonds. The molecule has 2 aromatic carbocycles. The number of benzene rings is 2. The molecule has 100 valence electrons. The van der Waals surface area contributed by atoms with Crippen LogP contribution >= 0.6 is 11.6 Å². The minimum Gasteiger partial charge on any atom is -0.489 e. The van der Waals surface area contributed by atoms with Crippen LogP contribution in [0, 0.1) is 13.8 Å². The molecule has 2 rings (SSSR count). The van der Waals surface area contributed by atoms with Gasteiger partial charge in [-0.1, -0.05) is 29.8 Å². The van der Waals surface area contributed by atoms with Crippen LogP contribution in [0.1, 0.15) is 22.3 Å². The molecule has 19 heavy (non-hydrogen) atoms. The van der Waals surface area contributed by atoms with E-state index in [-0.39, 0.29) is 0 Å². The third-order valence-corrected chi connectivity index (χ3v) is 3.58. The van der Waals surface area contributed by atoms with Crippen LogP contribution in [-0.4, -0.2) is 0 Å².